The van der Waals surface area contributed by atoms with Crippen LogP contribution >= 0.6 is 0 Å². The van der Waals surface area contributed by atoms with E-state index in [1.165, 1.54) is 0 Å². The number of amides is 1. The summed E-state index contributed by atoms with van der Waals surface area (Å²) in [5.74, 6) is 1.10. The maximum absolute atomic E-state index is 11.3. The highest BCUT2D eigenvalue weighted by Crippen LogP contribution is 2.26. The van der Waals surface area contributed by atoms with Crippen LogP contribution in [-0.2, 0) is 4.79 Å². The Morgan fingerprint density at radius 1 is 1.35 bits per heavy atom. The lowest BCUT2D eigenvalue weighted by Crippen LogP contribution is -2.41. The largest absolute Gasteiger partial charge is 0.491 e. The van der Waals surface area contributed by atoms with Crippen LogP contribution in [0.5, 0.6) is 5.75 Å². The quantitative estimate of drug-likeness (QED) is 0.899. The van der Waals surface area contributed by atoms with E-state index in [1.54, 1.807) is 6.92 Å². The van der Waals surface area contributed by atoms with Crippen LogP contribution in [0.1, 0.15) is 33.1 Å². The number of carbonyl (C=O) groups excluding carboxylic acids is 1. The zero-order valence-electron chi connectivity index (χ0n) is 12.4. The molecule has 0 unspecified atom stereocenters. The molecule has 0 aromatic heterocycles. The van der Waals surface area contributed by atoms with Crippen LogP contribution in [-0.4, -0.2) is 36.5 Å². The van der Waals surface area contributed by atoms with Crippen molar-refractivity contribution >= 4 is 11.6 Å². The third kappa shape index (κ3) is 3.89. The zero-order valence-corrected chi connectivity index (χ0v) is 12.4. The highest BCUT2D eigenvalue weighted by atomic mass is 16.5. The molecule has 1 fully saturated rings. The minimum atomic E-state index is 0.176. The monoisotopic (exact) mass is 276 g/mol. The number of hydrogen-bond donors (Lipinski definition) is 1. The fraction of sp³-hybridized carbons (Fsp3) is 0.562. The van der Waals surface area contributed by atoms with Gasteiger partial charge in [0.2, 0.25) is 5.91 Å². The van der Waals surface area contributed by atoms with Gasteiger partial charge in [-0.3, -0.25) is 4.79 Å². The fourth-order valence-electron chi connectivity index (χ4n) is 2.48. The van der Waals surface area contributed by atoms with E-state index < -0.39 is 0 Å². The Bertz CT molecular complexity index is 440. The summed E-state index contributed by atoms with van der Waals surface area (Å²) in [5.41, 5.74) is 1.06. The van der Waals surface area contributed by atoms with Gasteiger partial charge < -0.3 is 15.0 Å². The van der Waals surface area contributed by atoms with E-state index in [1.807, 2.05) is 23.1 Å². The summed E-state index contributed by atoms with van der Waals surface area (Å²) >= 11 is 0. The number of carbonyl (C=O) groups is 1. The van der Waals surface area contributed by atoms with Gasteiger partial charge in [0.15, 0.2) is 0 Å². The van der Waals surface area contributed by atoms with Crippen molar-refractivity contribution in [1.29, 1.82) is 0 Å². The van der Waals surface area contributed by atoms with Gasteiger partial charge >= 0.3 is 0 Å². The molecule has 0 saturated carbocycles. The number of benzene rings is 1. The predicted molar refractivity (Wildman–Crippen MR) is 81.1 cm³/mol. The van der Waals surface area contributed by atoms with Crippen molar-refractivity contribution in [2.75, 3.05) is 25.0 Å². The summed E-state index contributed by atoms with van der Waals surface area (Å²) in [6.45, 7) is 6.16. The number of likely N-dealkylation sites (tertiary alicyclic amines) is 1. The topological polar surface area (TPSA) is 41.6 Å². The molecule has 0 bridgehead atoms. The minimum absolute atomic E-state index is 0.176. The molecule has 1 N–H and O–H groups in total. The molecule has 1 saturated heterocycles. The number of para-hydroxylation sites is 2. The summed E-state index contributed by atoms with van der Waals surface area (Å²) in [4.78, 5) is 13.2. The molecule has 1 aliphatic rings. The third-order valence-electron chi connectivity index (χ3n) is 3.65. The Balaban J connectivity index is 1.92. The van der Waals surface area contributed by atoms with Gasteiger partial charge in [-0.05, 0) is 31.4 Å². The van der Waals surface area contributed by atoms with Crippen molar-refractivity contribution < 1.29 is 9.53 Å². The van der Waals surface area contributed by atoms with E-state index in [0.717, 1.165) is 50.4 Å². The van der Waals surface area contributed by atoms with Crippen molar-refractivity contribution in [3.8, 4) is 5.75 Å². The van der Waals surface area contributed by atoms with Gasteiger partial charge in [-0.1, -0.05) is 19.1 Å². The smallest absolute Gasteiger partial charge is 0.219 e. The average Bonchev–Trinajstić information content (AvgIpc) is 2.47. The van der Waals surface area contributed by atoms with E-state index in [0.29, 0.717) is 6.04 Å². The molecule has 4 nitrogen and oxygen atoms in total. The molecule has 1 amide bonds. The maximum Gasteiger partial charge on any atom is 0.219 e. The summed E-state index contributed by atoms with van der Waals surface area (Å²) in [6.07, 6.45) is 2.98. The lowest BCUT2D eigenvalue weighted by molar-refractivity contribution is -0.129. The molecule has 0 radical (unpaired) electrons. The van der Waals surface area contributed by atoms with Gasteiger partial charge in [0.05, 0.1) is 12.3 Å². The first-order chi connectivity index (χ1) is 9.70. The SMILES string of the molecule is CCCOc1ccccc1NC1CCN(C(C)=O)CC1. The van der Waals surface area contributed by atoms with Gasteiger partial charge in [-0.25, -0.2) is 0 Å². The molecule has 1 heterocycles. The highest BCUT2D eigenvalue weighted by molar-refractivity contribution is 5.73. The van der Waals surface area contributed by atoms with Crippen LogP contribution in [0, 0.1) is 0 Å². The molecule has 1 aromatic carbocycles. The normalized spacial score (nSPS) is 16.0. The molecular formula is C16H24N2O2. The van der Waals surface area contributed by atoms with Gasteiger partial charge in [0.1, 0.15) is 5.75 Å². The molecule has 0 spiro atoms. The van der Waals surface area contributed by atoms with Crippen molar-refractivity contribution in [2.24, 2.45) is 0 Å². The van der Waals surface area contributed by atoms with Crippen molar-refractivity contribution in [3.05, 3.63) is 24.3 Å². The third-order valence-corrected chi connectivity index (χ3v) is 3.65. The second kappa shape index (κ2) is 7.17. The fourth-order valence-corrected chi connectivity index (χ4v) is 2.48. The zero-order chi connectivity index (χ0) is 14.4. The maximum atomic E-state index is 11.3. The van der Waals surface area contributed by atoms with Gasteiger partial charge in [0, 0.05) is 26.1 Å². The van der Waals surface area contributed by atoms with Gasteiger partial charge in [-0.2, -0.15) is 0 Å². The number of piperidine rings is 1. The van der Waals surface area contributed by atoms with Crippen LogP contribution in [0.2, 0.25) is 0 Å². The molecule has 1 aromatic rings. The first kappa shape index (κ1) is 14.7. The van der Waals surface area contributed by atoms with Gasteiger partial charge in [0.25, 0.3) is 0 Å². The summed E-state index contributed by atoms with van der Waals surface area (Å²) in [6, 6.07) is 8.49. The first-order valence-electron chi connectivity index (χ1n) is 7.44. The van der Waals surface area contributed by atoms with Crippen LogP contribution < -0.4 is 10.1 Å². The molecular weight excluding hydrogens is 252 g/mol. The van der Waals surface area contributed by atoms with Crippen LogP contribution in [0.25, 0.3) is 0 Å². The number of anilines is 1. The van der Waals surface area contributed by atoms with Crippen molar-refractivity contribution in [1.82, 2.24) is 4.90 Å². The number of nitrogens with one attached hydrogen (secondary N) is 1. The molecule has 0 atom stereocenters. The van der Waals surface area contributed by atoms with Crippen LogP contribution in [0.3, 0.4) is 0 Å². The van der Waals surface area contributed by atoms with E-state index in [9.17, 15) is 4.79 Å². The van der Waals surface area contributed by atoms with E-state index in [2.05, 4.69) is 18.3 Å². The van der Waals surface area contributed by atoms with Crippen LogP contribution in [0.15, 0.2) is 24.3 Å². The summed E-state index contributed by atoms with van der Waals surface area (Å²) < 4.78 is 5.76. The number of rotatable bonds is 5. The predicted octanol–water partition coefficient (Wildman–Crippen LogP) is 2.90. The second-order valence-corrected chi connectivity index (χ2v) is 5.27. The Kier molecular flexibility index (Phi) is 5.27. The molecule has 20 heavy (non-hydrogen) atoms. The Morgan fingerprint density at radius 3 is 2.70 bits per heavy atom. The van der Waals surface area contributed by atoms with E-state index in [4.69, 9.17) is 4.74 Å². The molecule has 1 aliphatic heterocycles. The highest BCUT2D eigenvalue weighted by Gasteiger charge is 2.21. The van der Waals surface area contributed by atoms with E-state index >= 15 is 0 Å². The lowest BCUT2D eigenvalue weighted by Gasteiger charge is -2.32. The Morgan fingerprint density at radius 2 is 2.05 bits per heavy atom. The molecule has 110 valence electrons. The standard InChI is InChI=1S/C16H24N2O2/c1-3-12-20-16-7-5-4-6-15(16)17-14-8-10-18(11-9-14)13(2)19/h4-7,14,17H,3,8-12H2,1-2H3. The molecule has 0 aliphatic carbocycles. The van der Waals surface area contributed by atoms with Crippen molar-refractivity contribution in [3.63, 3.8) is 0 Å². The van der Waals surface area contributed by atoms with Crippen LogP contribution in [0.4, 0.5) is 5.69 Å². The Labute approximate surface area is 121 Å². The Hall–Kier alpha value is -1.71. The van der Waals surface area contributed by atoms with E-state index in [-0.39, 0.29) is 5.91 Å². The molecule has 4 heteroatoms. The summed E-state index contributed by atoms with van der Waals surface area (Å²) in [7, 11) is 0. The second-order valence-electron chi connectivity index (χ2n) is 5.27. The number of ether oxygens (including phenoxy) is 1. The average molecular weight is 276 g/mol. The van der Waals surface area contributed by atoms with Gasteiger partial charge in [-0.15, -0.1) is 0 Å². The number of hydrogen-bond acceptors (Lipinski definition) is 3. The number of nitrogens with zero attached hydrogens (tertiary/aromatic N) is 1. The minimum Gasteiger partial charge on any atom is -0.491 e. The first-order valence-corrected chi connectivity index (χ1v) is 7.44. The molecule has 2 rings (SSSR count). The van der Waals surface area contributed by atoms with Crippen molar-refractivity contribution in [2.45, 2.75) is 39.2 Å². The summed E-state index contributed by atoms with van der Waals surface area (Å²) in [5, 5.41) is 3.55. The lowest BCUT2D eigenvalue weighted by atomic mass is 10.0.